The first-order chi connectivity index (χ1) is 13.4. The molecular formula is C16H9F4N7S. The number of aromatic nitrogens is 3. The predicted molar refractivity (Wildman–Crippen MR) is 94.0 cm³/mol. The van der Waals surface area contributed by atoms with E-state index in [0.29, 0.717) is 17.1 Å². The summed E-state index contributed by atoms with van der Waals surface area (Å²) in [4.78, 5) is 7.92. The van der Waals surface area contributed by atoms with Crippen LogP contribution in [0.4, 0.5) is 28.4 Å². The zero-order valence-corrected chi connectivity index (χ0v) is 14.5. The zero-order valence-electron chi connectivity index (χ0n) is 13.7. The summed E-state index contributed by atoms with van der Waals surface area (Å²) in [6.07, 6.45) is -0.0890. The van der Waals surface area contributed by atoms with E-state index in [0.717, 1.165) is 23.0 Å². The summed E-state index contributed by atoms with van der Waals surface area (Å²) >= 11 is 1.09. The van der Waals surface area contributed by atoms with Gasteiger partial charge in [-0.2, -0.15) is 23.4 Å². The summed E-state index contributed by atoms with van der Waals surface area (Å²) in [5, 5.41) is 22.0. The molecule has 0 aliphatic rings. The van der Waals surface area contributed by atoms with Crippen LogP contribution in [0, 0.1) is 17.3 Å². The normalized spacial score (nSPS) is 11.8. The summed E-state index contributed by atoms with van der Waals surface area (Å²) in [6, 6.07) is 5.77. The fourth-order valence-corrected chi connectivity index (χ4v) is 2.79. The number of hydrogen-bond acceptors (Lipinski definition) is 6. The second kappa shape index (κ2) is 7.97. The summed E-state index contributed by atoms with van der Waals surface area (Å²) in [6.45, 7) is 0. The Morgan fingerprint density at radius 3 is 2.57 bits per heavy atom. The molecular weight excluding hydrogens is 398 g/mol. The van der Waals surface area contributed by atoms with Gasteiger partial charge in [0.15, 0.2) is 6.19 Å². The van der Waals surface area contributed by atoms with E-state index in [2.05, 4.69) is 30.8 Å². The van der Waals surface area contributed by atoms with Crippen LogP contribution in [0.25, 0.3) is 10.6 Å². The van der Waals surface area contributed by atoms with Crippen LogP contribution in [0.5, 0.6) is 0 Å². The maximum Gasteiger partial charge on any atom is 0.419 e. The third-order valence-electron chi connectivity index (χ3n) is 3.26. The number of hydrogen-bond donors (Lipinski definition) is 2. The second-order valence-corrected chi connectivity index (χ2v) is 6.10. The number of rotatable bonds is 3. The van der Waals surface area contributed by atoms with Gasteiger partial charge in [-0.3, -0.25) is 10.3 Å². The summed E-state index contributed by atoms with van der Waals surface area (Å²) < 4.78 is 51.9. The molecule has 3 aromatic rings. The number of aliphatic imine (C=N–C) groups is 1. The Morgan fingerprint density at radius 2 is 1.89 bits per heavy atom. The first-order valence-corrected chi connectivity index (χ1v) is 8.30. The van der Waals surface area contributed by atoms with Gasteiger partial charge in [0.05, 0.1) is 5.56 Å². The summed E-state index contributed by atoms with van der Waals surface area (Å²) in [5.41, 5.74) is -0.802. The van der Waals surface area contributed by atoms with E-state index in [4.69, 9.17) is 5.26 Å². The number of guanidine groups is 1. The predicted octanol–water partition coefficient (Wildman–Crippen LogP) is 3.93. The molecule has 3 rings (SSSR count). The standard InChI is InChI=1S/C16H9F4N7S/c17-12-2-1-10(7-11(12)16(18,19)20)24-14(23-8-21)25-15-27-26-13(28-15)9-3-5-22-6-4-9/h1-7H,(H2,23,24,25,27). The fraction of sp³-hybridized carbons (Fsp3) is 0.0625. The van der Waals surface area contributed by atoms with Gasteiger partial charge in [0.2, 0.25) is 11.1 Å². The SMILES string of the molecule is N#CN/C(=N\c1nnc(-c2ccncc2)s1)Nc1ccc(F)c(C(F)(F)F)c1. The number of nitrogens with zero attached hydrogens (tertiary/aromatic N) is 5. The second-order valence-electron chi connectivity index (χ2n) is 5.14. The van der Waals surface area contributed by atoms with Crippen molar-refractivity contribution >= 4 is 28.1 Å². The molecule has 0 unspecified atom stereocenters. The van der Waals surface area contributed by atoms with Gasteiger partial charge in [0.1, 0.15) is 10.8 Å². The third-order valence-corrected chi connectivity index (χ3v) is 4.12. The number of halogens is 4. The molecule has 0 amide bonds. The van der Waals surface area contributed by atoms with Crippen LogP contribution < -0.4 is 10.6 Å². The number of alkyl halides is 3. The minimum absolute atomic E-state index is 0.117. The Kier molecular flexibility index (Phi) is 5.46. The highest BCUT2D eigenvalue weighted by atomic mass is 32.1. The molecule has 142 valence electrons. The van der Waals surface area contributed by atoms with Gasteiger partial charge < -0.3 is 5.32 Å². The van der Waals surface area contributed by atoms with E-state index in [-0.39, 0.29) is 16.8 Å². The van der Waals surface area contributed by atoms with Gasteiger partial charge in [-0.1, -0.05) is 11.3 Å². The lowest BCUT2D eigenvalue weighted by molar-refractivity contribution is -0.139. The van der Waals surface area contributed by atoms with Crippen LogP contribution in [0.3, 0.4) is 0 Å². The lowest BCUT2D eigenvalue weighted by Crippen LogP contribution is -2.26. The van der Waals surface area contributed by atoms with Crippen molar-refractivity contribution in [1.29, 1.82) is 5.26 Å². The number of nitrogens with one attached hydrogen (secondary N) is 2. The largest absolute Gasteiger partial charge is 0.419 e. The molecule has 0 atom stereocenters. The quantitative estimate of drug-likeness (QED) is 0.224. The van der Waals surface area contributed by atoms with Crippen LogP contribution in [0.1, 0.15) is 5.56 Å². The minimum Gasteiger partial charge on any atom is -0.325 e. The number of anilines is 1. The van der Waals surface area contributed by atoms with Crippen LogP contribution in [0.15, 0.2) is 47.7 Å². The lowest BCUT2D eigenvalue weighted by atomic mass is 10.2. The highest BCUT2D eigenvalue weighted by Crippen LogP contribution is 2.33. The van der Waals surface area contributed by atoms with Gasteiger partial charge in [0, 0.05) is 23.6 Å². The minimum atomic E-state index is -4.86. The van der Waals surface area contributed by atoms with Gasteiger partial charge in [-0.05, 0) is 30.3 Å². The molecule has 2 aromatic heterocycles. The molecule has 0 saturated heterocycles. The van der Waals surface area contributed by atoms with Crippen molar-refractivity contribution in [2.24, 2.45) is 4.99 Å². The average Bonchev–Trinajstić information content (AvgIpc) is 3.12. The molecule has 0 bridgehead atoms. The van der Waals surface area contributed by atoms with Crippen molar-refractivity contribution < 1.29 is 17.6 Å². The van der Waals surface area contributed by atoms with Crippen LogP contribution in [-0.2, 0) is 6.18 Å². The van der Waals surface area contributed by atoms with Crippen molar-refractivity contribution in [3.8, 4) is 16.8 Å². The Bertz CT molecular complexity index is 1040. The van der Waals surface area contributed by atoms with E-state index in [1.54, 1.807) is 30.7 Å². The molecule has 2 heterocycles. The maximum atomic E-state index is 13.4. The van der Waals surface area contributed by atoms with Crippen molar-refractivity contribution in [2.75, 3.05) is 5.32 Å². The number of pyridine rings is 1. The van der Waals surface area contributed by atoms with E-state index in [9.17, 15) is 17.6 Å². The van der Waals surface area contributed by atoms with Gasteiger partial charge in [-0.25, -0.2) is 4.39 Å². The topological polar surface area (TPSA) is 98.9 Å². The summed E-state index contributed by atoms with van der Waals surface area (Å²) in [5.74, 6) is -1.60. The summed E-state index contributed by atoms with van der Waals surface area (Å²) in [7, 11) is 0. The van der Waals surface area contributed by atoms with E-state index < -0.39 is 17.6 Å². The van der Waals surface area contributed by atoms with Crippen molar-refractivity contribution in [2.45, 2.75) is 6.18 Å². The average molecular weight is 407 g/mol. The molecule has 12 heteroatoms. The molecule has 2 N–H and O–H groups in total. The van der Waals surface area contributed by atoms with Gasteiger partial charge in [0.25, 0.3) is 0 Å². The Balaban J connectivity index is 1.87. The maximum absolute atomic E-state index is 13.4. The first-order valence-electron chi connectivity index (χ1n) is 7.48. The molecule has 0 fully saturated rings. The van der Waals surface area contributed by atoms with Crippen LogP contribution in [0.2, 0.25) is 0 Å². The molecule has 0 aliphatic heterocycles. The Hall–Kier alpha value is -3.59. The molecule has 28 heavy (non-hydrogen) atoms. The van der Waals surface area contributed by atoms with E-state index >= 15 is 0 Å². The molecule has 0 aliphatic carbocycles. The first kappa shape index (κ1) is 19.2. The Labute approximate surface area is 159 Å². The molecule has 1 aromatic carbocycles. The zero-order chi connectivity index (χ0) is 20.1. The van der Waals surface area contributed by atoms with Gasteiger partial charge in [-0.15, -0.1) is 10.2 Å². The molecule has 0 spiro atoms. The van der Waals surface area contributed by atoms with E-state index in [1.165, 1.54) is 0 Å². The number of nitriles is 1. The molecule has 0 radical (unpaired) electrons. The Morgan fingerprint density at radius 1 is 1.14 bits per heavy atom. The lowest BCUT2D eigenvalue weighted by Gasteiger charge is -2.12. The van der Waals surface area contributed by atoms with Crippen LogP contribution >= 0.6 is 11.3 Å². The monoisotopic (exact) mass is 407 g/mol. The molecule has 0 saturated carbocycles. The highest BCUT2D eigenvalue weighted by Gasteiger charge is 2.34. The van der Waals surface area contributed by atoms with E-state index in [1.807, 2.05) is 0 Å². The van der Waals surface area contributed by atoms with Crippen LogP contribution in [-0.4, -0.2) is 21.1 Å². The number of benzene rings is 1. The fourth-order valence-electron chi connectivity index (χ4n) is 2.06. The van der Waals surface area contributed by atoms with Crippen molar-refractivity contribution in [1.82, 2.24) is 20.5 Å². The van der Waals surface area contributed by atoms with Crippen molar-refractivity contribution in [3.63, 3.8) is 0 Å². The molecule has 7 nitrogen and oxygen atoms in total. The third kappa shape index (κ3) is 4.57. The van der Waals surface area contributed by atoms with Gasteiger partial charge >= 0.3 is 6.18 Å². The van der Waals surface area contributed by atoms with Crippen molar-refractivity contribution in [3.05, 3.63) is 54.1 Å². The smallest absolute Gasteiger partial charge is 0.325 e. The highest BCUT2D eigenvalue weighted by molar-refractivity contribution is 7.18.